The second kappa shape index (κ2) is 6.40. The molecule has 106 valence electrons. The van der Waals surface area contributed by atoms with Gasteiger partial charge in [-0.15, -0.1) is 0 Å². The minimum absolute atomic E-state index is 0.323. The van der Waals surface area contributed by atoms with E-state index < -0.39 is 0 Å². The summed E-state index contributed by atoms with van der Waals surface area (Å²) in [6.45, 7) is 6.86. The van der Waals surface area contributed by atoms with Gasteiger partial charge in [-0.05, 0) is 31.9 Å². The Morgan fingerprint density at radius 1 is 1.47 bits per heavy atom. The topological polar surface area (TPSA) is 42.2 Å². The van der Waals surface area contributed by atoms with Crippen LogP contribution in [0.15, 0.2) is 6.07 Å². The molecule has 2 N–H and O–H groups in total. The van der Waals surface area contributed by atoms with Crippen molar-refractivity contribution in [2.45, 2.75) is 39.3 Å². The quantitative estimate of drug-likeness (QED) is 0.872. The molecule has 1 saturated heterocycles. The molecule has 19 heavy (non-hydrogen) atoms. The number of aryl methyl sites for hydroxylation is 1. The zero-order valence-electron chi connectivity index (χ0n) is 11.5. The Kier molecular flexibility index (Phi) is 5.07. The fourth-order valence-electron chi connectivity index (χ4n) is 2.69. The number of nitrogens with zero attached hydrogens (tertiary/aromatic N) is 2. The molecule has 3 nitrogen and oxygen atoms in total. The summed E-state index contributed by atoms with van der Waals surface area (Å²) < 4.78 is 0. The first-order valence-corrected chi connectivity index (χ1v) is 7.56. The third-order valence-corrected chi connectivity index (χ3v) is 4.58. The standard InChI is InChI=1S/C14H21Cl2N3/c1-3-10-7-19(5-4-13(10)17)8-11-12(15)6-9(2)18-14(11)16/h6,10,13H,3-5,7-8,17H2,1-2H3. The zero-order valence-corrected chi connectivity index (χ0v) is 13.0. The van der Waals surface area contributed by atoms with Gasteiger partial charge in [-0.1, -0.05) is 36.5 Å². The second-order valence-corrected chi connectivity index (χ2v) is 6.14. The Balaban J connectivity index is 2.09. The fourth-order valence-corrected chi connectivity index (χ4v) is 3.34. The monoisotopic (exact) mass is 301 g/mol. The molecule has 0 aromatic carbocycles. The van der Waals surface area contributed by atoms with Crippen molar-refractivity contribution in [3.63, 3.8) is 0 Å². The minimum Gasteiger partial charge on any atom is -0.327 e. The molecule has 0 radical (unpaired) electrons. The number of pyridine rings is 1. The first-order valence-electron chi connectivity index (χ1n) is 6.80. The van der Waals surface area contributed by atoms with E-state index in [4.69, 9.17) is 28.9 Å². The molecule has 2 atom stereocenters. The van der Waals surface area contributed by atoms with Crippen LogP contribution in [0, 0.1) is 12.8 Å². The van der Waals surface area contributed by atoms with E-state index in [0.29, 0.717) is 22.1 Å². The third kappa shape index (κ3) is 3.60. The van der Waals surface area contributed by atoms with Crippen molar-refractivity contribution in [1.29, 1.82) is 0 Å². The first-order chi connectivity index (χ1) is 9.01. The molecule has 2 unspecified atom stereocenters. The van der Waals surface area contributed by atoms with Crippen LogP contribution in [0.5, 0.6) is 0 Å². The Morgan fingerprint density at radius 3 is 2.84 bits per heavy atom. The minimum atomic E-state index is 0.323. The maximum Gasteiger partial charge on any atom is 0.135 e. The van der Waals surface area contributed by atoms with Gasteiger partial charge in [0.2, 0.25) is 0 Å². The van der Waals surface area contributed by atoms with Gasteiger partial charge >= 0.3 is 0 Å². The van der Waals surface area contributed by atoms with E-state index in [1.807, 2.05) is 13.0 Å². The molecule has 1 fully saturated rings. The molecule has 0 saturated carbocycles. The van der Waals surface area contributed by atoms with Gasteiger partial charge in [-0.2, -0.15) is 0 Å². The van der Waals surface area contributed by atoms with Crippen LogP contribution in [0.1, 0.15) is 31.0 Å². The van der Waals surface area contributed by atoms with Gasteiger partial charge in [0.1, 0.15) is 5.15 Å². The van der Waals surface area contributed by atoms with Crippen LogP contribution in [-0.4, -0.2) is 29.0 Å². The van der Waals surface area contributed by atoms with E-state index in [0.717, 1.165) is 43.7 Å². The summed E-state index contributed by atoms with van der Waals surface area (Å²) in [4.78, 5) is 6.66. The number of rotatable bonds is 3. The predicted molar refractivity (Wildman–Crippen MR) is 80.6 cm³/mol. The van der Waals surface area contributed by atoms with Crippen LogP contribution in [0.25, 0.3) is 0 Å². The van der Waals surface area contributed by atoms with E-state index >= 15 is 0 Å². The van der Waals surface area contributed by atoms with Gasteiger partial charge in [0, 0.05) is 35.4 Å². The van der Waals surface area contributed by atoms with Crippen molar-refractivity contribution in [3.8, 4) is 0 Å². The van der Waals surface area contributed by atoms with E-state index in [1.54, 1.807) is 0 Å². The molecule has 0 bridgehead atoms. The lowest BCUT2D eigenvalue weighted by Gasteiger charge is -2.36. The van der Waals surface area contributed by atoms with Gasteiger partial charge in [0.05, 0.1) is 0 Å². The number of piperidine rings is 1. The van der Waals surface area contributed by atoms with E-state index in [9.17, 15) is 0 Å². The lowest BCUT2D eigenvalue weighted by Crippen LogP contribution is -2.46. The predicted octanol–water partition coefficient (Wildman–Crippen LogP) is 3.26. The summed E-state index contributed by atoms with van der Waals surface area (Å²) in [5.41, 5.74) is 7.92. The van der Waals surface area contributed by atoms with Gasteiger partial charge < -0.3 is 5.73 Å². The number of hydrogen-bond acceptors (Lipinski definition) is 3. The molecule has 0 aliphatic carbocycles. The van der Waals surface area contributed by atoms with Crippen molar-refractivity contribution in [2.75, 3.05) is 13.1 Å². The van der Waals surface area contributed by atoms with Crippen molar-refractivity contribution >= 4 is 23.2 Å². The summed E-state index contributed by atoms with van der Waals surface area (Å²) in [6, 6.07) is 2.19. The average molecular weight is 302 g/mol. The highest BCUT2D eigenvalue weighted by Gasteiger charge is 2.26. The Morgan fingerprint density at radius 2 is 2.21 bits per heavy atom. The highest BCUT2D eigenvalue weighted by atomic mass is 35.5. The fraction of sp³-hybridized carbons (Fsp3) is 0.643. The molecule has 0 amide bonds. The second-order valence-electron chi connectivity index (χ2n) is 5.37. The molecule has 1 aromatic heterocycles. The van der Waals surface area contributed by atoms with Gasteiger partial charge in [0.15, 0.2) is 0 Å². The van der Waals surface area contributed by atoms with E-state index in [1.165, 1.54) is 0 Å². The first kappa shape index (κ1) is 15.0. The molecule has 2 heterocycles. The van der Waals surface area contributed by atoms with Crippen LogP contribution in [0.2, 0.25) is 10.2 Å². The molecule has 1 aliphatic heterocycles. The van der Waals surface area contributed by atoms with Gasteiger partial charge in [0.25, 0.3) is 0 Å². The van der Waals surface area contributed by atoms with Crippen LogP contribution in [0.4, 0.5) is 0 Å². The average Bonchev–Trinajstić information content (AvgIpc) is 2.35. The Labute approximate surface area is 125 Å². The number of nitrogens with two attached hydrogens (primary N) is 1. The van der Waals surface area contributed by atoms with Crippen molar-refractivity contribution in [2.24, 2.45) is 11.7 Å². The lowest BCUT2D eigenvalue weighted by molar-refractivity contribution is 0.145. The third-order valence-electron chi connectivity index (χ3n) is 3.93. The van der Waals surface area contributed by atoms with E-state index in [2.05, 4.69) is 16.8 Å². The molecule has 1 aliphatic rings. The Hall–Kier alpha value is -0.350. The zero-order chi connectivity index (χ0) is 14.0. The molecule has 0 spiro atoms. The Bertz CT molecular complexity index is 427. The molecular weight excluding hydrogens is 281 g/mol. The van der Waals surface area contributed by atoms with Crippen LogP contribution >= 0.6 is 23.2 Å². The smallest absolute Gasteiger partial charge is 0.135 e. The summed E-state index contributed by atoms with van der Waals surface area (Å²) in [7, 11) is 0. The molecule has 1 aromatic rings. The highest BCUT2D eigenvalue weighted by Crippen LogP contribution is 2.27. The van der Waals surface area contributed by atoms with Crippen LogP contribution in [0.3, 0.4) is 0 Å². The molecular formula is C14H21Cl2N3. The summed E-state index contributed by atoms with van der Waals surface area (Å²) in [5, 5.41) is 1.23. The summed E-state index contributed by atoms with van der Waals surface area (Å²) >= 11 is 12.5. The van der Waals surface area contributed by atoms with Crippen molar-refractivity contribution < 1.29 is 0 Å². The maximum absolute atomic E-state index is 6.28. The summed E-state index contributed by atoms with van der Waals surface area (Å²) in [5.74, 6) is 0.560. The number of halogens is 2. The number of hydrogen-bond donors (Lipinski definition) is 1. The van der Waals surface area contributed by atoms with Crippen molar-refractivity contribution in [1.82, 2.24) is 9.88 Å². The lowest BCUT2D eigenvalue weighted by atomic mass is 9.90. The normalized spacial score (nSPS) is 24.7. The van der Waals surface area contributed by atoms with Crippen LogP contribution < -0.4 is 5.73 Å². The van der Waals surface area contributed by atoms with Gasteiger partial charge in [-0.25, -0.2) is 4.98 Å². The SMILES string of the molecule is CCC1CN(Cc2c(Cl)cc(C)nc2Cl)CCC1N. The van der Waals surface area contributed by atoms with Crippen LogP contribution in [-0.2, 0) is 6.54 Å². The maximum atomic E-state index is 6.28. The van der Waals surface area contributed by atoms with Crippen molar-refractivity contribution in [3.05, 3.63) is 27.5 Å². The number of likely N-dealkylation sites (tertiary alicyclic amines) is 1. The van der Waals surface area contributed by atoms with E-state index in [-0.39, 0.29) is 0 Å². The number of aromatic nitrogens is 1. The summed E-state index contributed by atoms with van der Waals surface area (Å²) in [6.07, 6.45) is 2.15. The highest BCUT2D eigenvalue weighted by molar-refractivity contribution is 6.35. The largest absolute Gasteiger partial charge is 0.327 e. The molecule has 2 rings (SSSR count). The molecule has 5 heteroatoms. The van der Waals surface area contributed by atoms with Gasteiger partial charge in [-0.3, -0.25) is 4.90 Å².